The average molecular weight is 336 g/mol. The second kappa shape index (κ2) is 6.82. The Hall–Kier alpha value is -1.06. The Morgan fingerprint density at radius 1 is 1.30 bits per heavy atom. The van der Waals surface area contributed by atoms with Crippen molar-refractivity contribution in [3.63, 3.8) is 0 Å². The van der Waals surface area contributed by atoms with Crippen LogP contribution in [0.4, 0.5) is 0 Å². The molecule has 1 atom stereocenters. The lowest BCUT2D eigenvalue weighted by molar-refractivity contribution is -0.149. The molecule has 3 nitrogen and oxygen atoms in total. The number of ether oxygens (including phenoxy) is 1. The van der Waals surface area contributed by atoms with Crippen molar-refractivity contribution in [3.8, 4) is 0 Å². The fourth-order valence-electron chi connectivity index (χ4n) is 3.93. The number of halogens is 1. The van der Waals surface area contributed by atoms with Crippen LogP contribution >= 0.6 is 11.6 Å². The summed E-state index contributed by atoms with van der Waals surface area (Å²) in [6, 6.07) is 6.20. The molecule has 1 saturated heterocycles. The summed E-state index contributed by atoms with van der Waals surface area (Å²) in [6.45, 7) is 7.19. The summed E-state index contributed by atoms with van der Waals surface area (Å²) in [5.41, 5.74) is 2.52. The van der Waals surface area contributed by atoms with E-state index in [2.05, 4.69) is 30.9 Å². The van der Waals surface area contributed by atoms with Crippen molar-refractivity contribution in [3.05, 3.63) is 34.3 Å². The highest BCUT2D eigenvalue weighted by molar-refractivity contribution is 6.30. The SMILES string of the molecule is CCC1(CC)CC(CCN2CCc3ccc(Cl)cc3C2)OC1=O. The van der Waals surface area contributed by atoms with E-state index in [1.807, 2.05) is 6.07 Å². The van der Waals surface area contributed by atoms with E-state index in [0.717, 1.165) is 56.8 Å². The first kappa shape index (κ1) is 16.8. The lowest BCUT2D eigenvalue weighted by Gasteiger charge is -2.29. The van der Waals surface area contributed by atoms with Crippen LogP contribution in [0.5, 0.6) is 0 Å². The van der Waals surface area contributed by atoms with E-state index >= 15 is 0 Å². The fraction of sp³-hybridized carbons (Fsp3) is 0.632. The quantitative estimate of drug-likeness (QED) is 0.755. The van der Waals surface area contributed by atoms with Crippen molar-refractivity contribution in [1.82, 2.24) is 4.90 Å². The van der Waals surface area contributed by atoms with Gasteiger partial charge in [-0.15, -0.1) is 0 Å². The predicted octanol–water partition coefficient (Wildman–Crippen LogP) is 4.21. The Morgan fingerprint density at radius 2 is 2.09 bits per heavy atom. The highest BCUT2D eigenvalue weighted by Gasteiger charge is 2.46. The minimum Gasteiger partial charge on any atom is -0.462 e. The lowest BCUT2D eigenvalue weighted by Crippen LogP contribution is -2.33. The third-order valence-corrected chi connectivity index (χ3v) is 5.94. The van der Waals surface area contributed by atoms with E-state index in [1.165, 1.54) is 11.1 Å². The number of rotatable bonds is 5. The molecular weight excluding hydrogens is 310 g/mol. The number of benzene rings is 1. The fourth-order valence-corrected chi connectivity index (χ4v) is 4.12. The molecular formula is C19H26ClNO2. The van der Waals surface area contributed by atoms with Crippen LogP contribution in [0.25, 0.3) is 0 Å². The summed E-state index contributed by atoms with van der Waals surface area (Å²) in [5, 5.41) is 0.811. The molecule has 1 aromatic rings. The van der Waals surface area contributed by atoms with Crippen molar-refractivity contribution in [2.75, 3.05) is 13.1 Å². The summed E-state index contributed by atoms with van der Waals surface area (Å²) in [5.74, 6) is 0.0169. The van der Waals surface area contributed by atoms with Gasteiger partial charge >= 0.3 is 5.97 Å². The Morgan fingerprint density at radius 3 is 2.78 bits per heavy atom. The zero-order valence-corrected chi connectivity index (χ0v) is 14.9. The molecule has 1 unspecified atom stereocenters. The summed E-state index contributed by atoms with van der Waals surface area (Å²) >= 11 is 6.11. The lowest BCUT2D eigenvalue weighted by atomic mass is 9.79. The van der Waals surface area contributed by atoms with E-state index in [0.29, 0.717) is 0 Å². The van der Waals surface area contributed by atoms with E-state index in [-0.39, 0.29) is 17.5 Å². The van der Waals surface area contributed by atoms with Gasteiger partial charge in [-0.1, -0.05) is 31.5 Å². The van der Waals surface area contributed by atoms with Crippen molar-refractivity contribution >= 4 is 17.6 Å². The van der Waals surface area contributed by atoms with Crippen LogP contribution in [0.1, 0.15) is 50.7 Å². The Balaban J connectivity index is 1.55. The molecule has 0 bridgehead atoms. The molecule has 0 aromatic heterocycles. The van der Waals surface area contributed by atoms with Gasteiger partial charge in [0.2, 0.25) is 0 Å². The maximum atomic E-state index is 12.2. The summed E-state index contributed by atoms with van der Waals surface area (Å²) < 4.78 is 5.65. The number of hydrogen-bond acceptors (Lipinski definition) is 3. The Bertz CT molecular complexity index is 583. The molecule has 4 heteroatoms. The first-order chi connectivity index (χ1) is 11.1. The number of fused-ring (bicyclic) bond motifs is 1. The maximum Gasteiger partial charge on any atom is 0.312 e. The summed E-state index contributed by atoms with van der Waals surface area (Å²) in [7, 11) is 0. The van der Waals surface area contributed by atoms with E-state index in [4.69, 9.17) is 16.3 Å². The Kier molecular flexibility index (Phi) is 4.98. The van der Waals surface area contributed by atoms with E-state index in [1.54, 1.807) is 0 Å². The van der Waals surface area contributed by atoms with E-state index < -0.39 is 0 Å². The van der Waals surface area contributed by atoms with Crippen LogP contribution in [-0.4, -0.2) is 30.1 Å². The molecule has 0 amide bonds. The molecule has 0 aliphatic carbocycles. The number of cyclic esters (lactones) is 1. The van der Waals surface area contributed by atoms with Gasteiger partial charge in [0.05, 0.1) is 5.41 Å². The van der Waals surface area contributed by atoms with Crippen molar-refractivity contribution < 1.29 is 9.53 Å². The van der Waals surface area contributed by atoms with Gasteiger partial charge in [0, 0.05) is 31.1 Å². The van der Waals surface area contributed by atoms with Gasteiger partial charge in [0.25, 0.3) is 0 Å². The second-order valence-electron chi connectivity index (χ2n) is 6.95. The second-order valence-corrected chi connectivity index (χ2v) is 7.38. The molecule has 2 aliphatic rings. The van der Waals surface area contributed by atoms with Gasteiger partial charge < -0.3 is 4.74 Å². The largest absolute Gasteiger partial charge is 0.462 e. The predicted molar refractivity (Wildman–Crippen MR) is 92.6 cm³/mol. The zero-order chi connectivity index (χ0) is 16.4. The van der Waals surface area contributed by atoms with Gasteiger partial charge in [-0.05, 0) is 48.9 Å². The smallest absolute Gasteiger partial charge is 0.312 e. The molecule has 2 heterocycles. The molecule has 2 aliphatic heterocycles. The van der Waals surface area contributed by atoms with Crippen LogP contribution in [0, 0.1) is 5.41 Å². The monoisotopic (exact) mass is 335 g/mol. The summed E-state index contributed by atoms with van der Waals surface area (Å²) in [6.07, 6.45) is 4.75. The third kappa shape index (κ3) is 3.41. The van der Waals surface area contributed by atoms with Gasteiger partial charge in [-0.2, -0.15) is 0 Å². The third-order valence-electron chi connectivity index (χ3n) is 5.71. The van der Waals surface area contributed by atoms with Gasteiger partial charge in [0.1, 0.15) is 6.10 Å². The maximum absolute atomic E-state index is 12.2. The zero-order valence-electron chi connectivity index (χ0n) is 14.1. The van der Waals surface area contributed by atoms with Gasteiger partial charge in [-0.25, -0.2) is 0 Å². The minimum atomic E-state index is -0.229. The van der Waals surface area contributed by atoms with E-state index in [9.17, 15) is 4.79 Å². The van der Waals surface area contributed by atoms with Crippen LogP contribution in [0.15, 0.2) is 18.2 Å². The van der Waals surface area contributed by atoms with Crippen LogP contribution in [-0.2, 0) is 22.5 Å². The number of nitrogens with zero attached hydrogens (tertiary/aromatic N) is 1. The first-order valence-electron chi connectivity index (χ1n) is 8.77. The standard InChI is InChI=1S/C19H26ClNO2/c1-3-19(4-2)12-17(23-18(19)22)8-10-21-9-7-14-5-6-16(20)11-15(14)13-21/h5-6,11,17H,3-4,7-10,12-13H2,1-2H3. The van der Waals surface area contributed by atoms with Crippen molar-refractivity contribution in [2.45, 2.75) is 58.6 Å². The van der Waals surface area contributed by atoms with Crippen LogP contribution in [0.3, 0.4) is 0 Å². The normalized spacial score (nSPS) is 23.6. The summed E-state index contributed by atoms with van der Waals surface area (Å²) in [4.78, 5) is 14.6. The molecule has 1 fully saturated rings. The Labute approximate surface area is 144 Å². The molecule has 0 N–H and O–H groups in total. The average Bonchev–Trinajstić information content (AvgIpc) is 2.89. The minimum absolute atomic E-state index is 0.0169. The molecule has 0 spiro atoms. The number of carbonyl (C=O) groups excluding carboxylic acids is 1. The molecule has 0 saturated carbocycles. The molecule has 1 aromatic carbocycles. The number of hydrogen-bond donors (Lipinski definition) is 0. The van der Waals surface area contributed by atoms with Crippen molar-refractivity contribution in [1.29, 1.82) is 0 Å². The molecule has 0 radical (unpaired) electrons. The first-order valence-corrected chi connectivity index (χ1v) is 9.15. The van der Waals surface area contributed by atoms with Crippen molar-refractivity contribution in [2.24, 2.45) is 5.41 Å². The van der Waals surface area contributed by atoms with Crippen LogP contribution in [0.2, 0.25) is 5.02 Å². The number of esters is 1. The highest BCUT2D eigenvalue weighted by Crippen LogP contribution is 2.41. The van der Waals surface area contributed by atoms with Gasteiger partial charge in [-0.3, -0.25) is 9.69 Å². The highest BCUT2D eigenvalue weighted by atomic mass is 35.5. The molecule has 3 rings (SSSR count). The molecule has 126 valence electrons. The number of carbonyl (C=O) groups is 1. The molecule has 23 heavy (non-hydrogen) atoms. The topological polar surface area (TPSA) is 29.5 Å². The van der Waals surface area contributed by atoms with Gasteiger partial charge in [0.15, 0.2) is 0 Å². The van der Waals surface area contributed by atoms with Crippen LogP contribution < -0.4 is 0 Å².